The van der Waals surface area contributed by atoms with Gasteiger partial charge < -0.3 is 10.8 Å². The van der Waals surface area contributed by atoms with E-state index in [1.54, 1.807) is 24.3 Å². The fraction of sp³-hybridized carbons (Fsp3) is 0.333. The first-order valence-electron chi connectivity index (χ1n) is 5.61. The van der Waals surface area contributed by atoms with Crippen LogP contribution in [0.3, 0.4) is 0 Å². The minimum absolute atomic E-state index is 0.107. The van der Waals surface area contributed by atoms with Crippen molar-refractivity contribution in [3.8, 4) is 0 Å². The van der Waals surface area contributed by atoms with Gasteiger partial charge >= 0.3 is 5.97 Å². The SMILES string of the molecule is NC(=S)c1ccc(CS(=O)(=O)CCCC(=O)O)cc1. The normalized spacial score (nSPS) is 11.2. The standard InChI is InChI=1S/C12H15NO4S2/c13-12(18)10-5-3-9(4-6-10)8-19(16,17)7-1-2-11(14)15/h3-6H,1-2,7-8H2,(H2,13,18)(H,14,15). The Morgan fingerprint density at radius 1 is 1.26 bits per heavy atom. The third-order valence-corrected chi connectivity index (χ3v) is 4.39. The van der Waals surface area contributed by atoms with Gasteiger partial charge in [0.05, 0.1) is 11.5 Å². The summed E-state index contributed by atoms with van der Waals surface area (Å²) in [4.78, 5) is 10.6. The molecular weight excluding hydrogens is 286 g/mol. The molecule has 0 radical (unpaired) electrons. The fourth-order valence-corrected chi connectivity index (χ4v) is 3.10. The lowest BCUT2D eigenvalue weighted by molar-refractivity contribution is -0.137. The molecule has 0 heterocycles. The highest BCUT2D eigenvalue weighted by Crippen LogP contribution is 2.10. The molecule has 0 saturated heterocycles. The third-order valence-electron chi connectivity index (χ3n) is 2.47. The lowest BCUT2D eigenvalue weighted by atomic mass is 10.1. The molecule has 5 nitrogen and oxygen atoms in total. The van der Waals surface area contributed by atoms with Crippen LogP contribution in [0.15, 0.2) is 24.3 Å². The Balaban J connectivity index is 2.62. The fourth-order valence-electron chi connectivity index (χ4n) is 1.53. The number of carbonyl (C=O) groups is 1. The molecule has 0 aliphatic carbocycles. The summed E-state index contributed by atoms with van der Waals surface area (Å²) in [5.74, 6) is -1.23. The van der Waals surface area contributed by atoms with Gasteiger partial charge in [-0.1, -0.05) is 36.5 Å². The molecule has 1 aromatic rings. The van der Waals surface area contributed by atoms with Crippen LogP contribution in [-0.4, -0.2) is 30.2 Å². The summed E-state index contributed by atoms with van der Waals surface area (Å²) in [6.07, 6.45) is -0.0117. The molecule has 7 heteroatoms. The Morgan fingerprint density at radius 3 is 2.32 bits per heavy atom. The van der Waals surface area contributed by atoms with E-state index < -0.39 is 15.8 Å². The van der Waals surface area contributed by atoms with Gasteiger partial charge in [0.25, 0.3) is 0 Å². The first kappa shape index (κ1) is 15.6. The second-order valence-electron chi connectivity index (χ2n) is 4.15. The first-order chi connectivity index (χ1) is 8.80. The summed E-state index contributed by atoms with van der Waals surface area (Å²) >= 11 is 4.80. The number of sulfone groups is 1. The second-order valence-corrected chi connectivity index (χ2v) is 6.77. The van der Waals surface area contributed by atoms with Crippen LogP contribution in [-0.2, 0) is 20.4 Å². The monoisotopic (exact) mass is 301 g/mol. The number of hydrogen-bond acceptors (Lipinski definition) is 4. The number of carboxylic acid groups (broad SMARTS) is 1. The van der Waals surface area contributed by atoms with Gasteiger partial charge in [0, 0.05) is 12.0 Å². The molecule has 0 unspecified atom stereocenters. The Hall–Kier alpha value is -1.47. The van der Waals surface area contributed by atoms with Crippen LogP contribution >= 0.6 is 12.2 Å². The van der Waals surface area contributed by atoms with Gasteiger partial charge in [-0.2, -0.15) is 0 Å². The van der Waals surface area contributed by atoms with Gasteiger partial charge in [-0.05, 0) is 12.0 Å². The van der Waals surface area contributed by atoms with Crippen molar-refractivity contribution in [2.24, 2.45) is 5.73 Å². The molecule has 0 bridgehead atoms. The van der Waals surface area contributed by atoms with Crippen molar-refractivity contribution in [1.29, 1.82) is 0 Å². The molecule has 0 spiro atoms. The molecule has 104 valence electrons. The zero-order chi connectivity index (χ0) is 14.5. The molecule has 1 rings (SSSR count). The minimum Gasteiger partial charge on any atom is -0.481 e. The van der Waals surface area contributed by atoms with E-state index in [9.17, 15) is 13.2 Å². The molecule has 19 heavy (non-hydrogen) atoms. The first-order valence-corrected chi connectivity index (χ1v) is 7.84. The Bertz CT molecular complexity index is 564. The topological polar surface area (TPSA) is 97.5 Å². The van der Waals surface area contributed by atoms with Crippen LogP contribution in [0.25, 0.3) is 0 Å². The van der Waals surface area contributed by atoms with Crippen molar-refractivity contribution in [3.63, 3.8) is 0 Å². The van der Waals surface area contributed by atoms with Crippen molar-refractivity contribution in [2.75, 3.05) is 5.75 Å². The van der Waals surface area contributed by atoms with Crippen molar-refractivity contribution in [2.45, 2.75) is 18.6 Å². The molecule has 1 aromatic carbocycles. The lowest BCUT2D eigenvalue weighted by Crippen LogP contribution is -2.12. The van der Waals surface area contributed by atoms with Gasteiger partial charge in [-0.3, -0.25) is 4.79 Å². The quantitative estimate of drug-likeness (QED) is 0.732. The number of nitrogens with two attached hydrogens (primary N) is 1. The van der Waals surface area contributed by atoms with Crippen LogP contribution in [0.1, 0.15) is 24.0 Å². The molecule has 0 fully saturated rings. The maximum atomic E-state index is 11.8. The van der Waals surface area contributed by atoms with E-state index in [1.165, 1.54) is 0 Å². The lowest BCUT2D eigenvalue weighted by Gasteiger charge is -2.05. The van der Waals surface area contributed by atoms with Gasteiger partial charge in [-0.25, -0.2) is 8.42 Å². The number of thiocarbonyl (C=S) groups is 1. The van der Waals surface area contributed by atoms with Crippen molar-refractivity contribution >= 4 is 33.0 Å². The van der Waals surface area contributed by atoms with Crippen LogP contribution in [0.4, 0.5) is 0 Å². The molecule has 0 atom stereocenters. The number of carboxylic acids is 1. The highest BCUT2D eigenvalue weighted by atomic mass is 32.2. The van der Waals surface area contributed by atoms with E-state index in [0.29, 0.717) is 11.1 Å². The zero-order valence-corrected chi connectivity index (χ0v) is 11.8. The Labute approximate surface area is 117 Å². The maximum absolute atomic E-state index is 11.8. The maximum Gasteiger partial charge on any atom is 0.303 e. The van der Waals surface area contributed by atoms with Crippen molar-refractivity contribution < 1.29 is 18.3 Å². The summed E-state index contributed by atoms with van der Waals surface area (Å²) in [5, 5.41) is 8.46. The molecule has 0 aliphatic rings. The minimum atomic E-state index is -3.29. The predicted octanol–water partition coefficient (Wildman–Crippen LogP) is 1.10. The number of benzene rings is 1. The molecule has 0 aromatic heterocycles. The predicted molar refractivity (Wildman–Crippen MR) is 76.7 cm³/mol. The van der Waals surface area contributed by atoms with Gasteiger partial charge in [0.2, 0.25) is 0 Å². The van der Waals surface area contributed by atoms with Crippen molar-refractivity contribution in [3.05, 3.63) is 35.4 Å². The summed E-state index contributed by atoms with van der Waals surface area (Å²) < 4.78 is 23.5. The van der Waals surface area contributed by atoms with E-state index in [-0.39, 0.29) is 29.3 Å². The summed E-state index contributed by atoms with van der Waals surface area (Å²) in [5.41, 5.74) is 6.76. The smallest absolute Gasteiger partial charge is 0.303 e. The largest absolute Gasteiger partial charge is 0.481 e. The molecule has 0 aliphatic heterocycles. The zero-order valence-electron chi connectivity index (χ0n) is 10.2. The highest BCUT2D eigenvalue weighted by molar-refractivity contribution is 7.90. The summed E-state index contributed by atoms with van der Waals surface area (Å²) in [6.45, 7) is 0. The number of hydrogen-bond donors (Lipinski definition) is 2. The molecule has 0 saturated carbocycles. The van der Waals surface area contributed by atoms with Crippen LogP contribution in [0.2, 0.25) is 0 Å². The Kier molecular flexibility index (Phi) is 5.44. The van der Waals surface area contributed by atoms with Gasteiger partial charge in [-0.15, -0.1) is 0 Å². The van der Waals surface area contributed by atoms with E-state index in [4.69, 9.17) is 23.1 Å². The molecular formula is C12H15NO4S2. The van der Waals surface area contributed by atoms with E-state index in [0.717, 1.165) is 0 Å². The molecule has 3 N–H and O–H groups in total. The number of aliphatic carboxylic acids is 1. The Morgan fingerprint density at radius 2 is 1.84 bits per heavy atom. The summed E-state index contributed by atoms with van der Waals surface area (Å²) in [7, 11) is -3.29. The van der Waals surface area contributed by atoms with Crippen LogP contribution in [0.5, 0.6) is 0 Å². The van der Waals surface area contributed by atoms with Gasteiger partial charge in [0.1, 0.15) is 4.99 Å². The van der Waals surface area contributed by atoms with Crippen molar-refractivity contribution in [1.82, 2.24) is 0 Å². The second kappa shape index (κ2) is 6.63. The highest BCUT2D eigenvalue weighted by Gasteiger charge is 2.13. The van der Waals surface area contributed by atoms with E-state index in [2.05, 4.69) is 0 Å². The summed E-state index contributed by atoms with van der Waals surface area (Å²) in [6, 6.07) is 6.65. The van der Waals surface area contributed by atoms with Gasteiger partial charge in [0.15, 0.2) is 9.84 Å². The average molecular weight is 301 g/mol. The molecule has 0 amide bonds. The third kappa shape index (κ3) is 5.80. The van der Waals surface area contributed by atoms with Crippen LogP contribution < -0.4 is 5.73 Å². The van der Waals surface area contributed by atoms with E-state index in [1.807, 2.05) is 0 Å². The van der Waals surface area contributed by atoms with E-state index >= 15 is 0 Å². The average Bonchev–Trinajstić information content (AvgIpc) is 2.28. The van der Waals surface area contributed by atoms with Crippen LogP contribution in [0, 0.1) is 0 Å². The number of rotatable bonds is 7.